The van der Waals surface area contributed by atoms with Crippen LogP contribution in [0, 0.1) is 0 Å². The SMILES string of the molecule is CCOc1ccc(Br)cc1/C=C/C(=O)Nc1ccc(OC(C)C)cc1. The van der Waals surface area contributed by atoms with Crippen molar-refractivity contribution in [2.45, 2.75) is 26.9 Å². The Balaban J connectivity index is 2.02. The highest BCUT2D eigenvalue weighted by Gasteiger charge is 2.04. The van der Waals surface area contributed by atoms with Gasteiger partial charge in [0.15, 0.2) is 0 Å². The van der Waals surface area contributed by atoms with Crippen LogP contribution >= 0.6 is 15.9 Å². The Labute approximate surface area is 157 Å². The molecule has 1 N–H and O–H groups in total. The highest BCUT2D eigenvalue weighted by atomic mass is 79.9. The molecule has 5 heteroatoms. The van der Waals surface area contributed by atoms with Crippen molar-refractivity contribution >= 4 is 33.6 Å². The molecule has 0 spiro atoms. The van der Waals surface area contributed by atoms with E-state index < -0.39 is 0 Å². The summed E-state index contributed by atoms with van der Waals surface area (Å²) in [5.41, 5.74) is 1.55. The van der Waals surface area contributed by atoms with Crippen LogP contribution in [0.25, 0.3) is 6.08 Å². The summed E-state index contributed by atoms with van der Waals surface area (Å²) < 4.78 is 12.1. The third-order valence-electron chi connectivity index (χ3n) is 3.18. The normalized spacial score (nSPS) is 10.9. The molecule has 2 aromatic carbocycles. The van der Waals surface area contributed by atoms with Crippen molar-refractivity contribution in [1.29, 1.82) is 0 Å². The number of hydrogen-bond donors (Lipinski definition) is 1. The third kappa shape index (κ3) is 6.27. The Hall–Kier alpha value is -2.27. The second kappa shape index (κ2) is 9.28. The lowest BCUT2D eigenvalue weighted by atomic mass is 10.2. The Morgan fingerprint density at radius 1 is 1.20 bits per heavy atom. The Kier molecular flexibility index (Phi) is 7.07. The third-order valence-corrected chi connectivity index (χ3v) is 3.67. The molecular weight excluding hydrogens is 382 g/mol. The minimum Gasteiger partial charge on any atom is -0.493 e. The summed E-state index contributed by atoms with van der Waals surface area (Å²) in [5.74, 6) is 1.31. The smallest absolute Gasteiger partial charge is 0.248 e. The zero-order chi connectivity index (χ0) is 18.2. The Morgan fingerprint density at radius 2 is 1.92 bits per heavy atom. The van der Waals surface area contributed by atoms with E-state index >= 15 is 0 Å². The number of carbonyl (C=O) groups is 1. The van der Waals surface area contributed by atoms with Gasteiger partial charge in [-0.1, -0.05) is 15.9 Å². The number of anilines is 1. The van der Waals surface area contributed by atoms with Crippen LogP contribution in [0.3, 0.4) is 0 Å². The summed E-state index contributed by atoms with van der Waals surface area (Å²) in [4.78, 5) is 12.1. The Morgan fingerprint density at radius 3 is 2.56 bits per heavy atom. The molecule has 1 amide bonds. The van der Waals surface area contributed by atoms with Crippen LogP contribution in [0.1, 0.15) is 26.3 Å². The van der Waals surface area contributed by atoms with E-state index in [0.29, 0.717) is 12.3 Å². The van der Waals surface area contributed by atoms with Crippen molar-refractivity contribution in [2.24, 2.45) is 0 Å². The molecule has 25 heavy (non-hydrogen) atoms. The fourth-order valence-corrected chi connectivity index (χ4v) is 2.55. The quantitative estimate of drug-likeness (QED) is 0.639. The molecule has 0 aliphatic rings. The Bertz CT molecular complexity index is 739. The number of halogens is 1. The van der Waals surface area contributed by atoms with Crippen LogP contribution in [-0.4, -0.2) is 18.6 Å². The summed E-state index contributed by atoms with van der Waals surface area (Å²) in [6.45, 7) is 6.44. The molecule has 0 aliphatic heterocycles. The lowest BCUT2D eigenvalue weighted by Crippen LogP contribution is -2.08. The van der Waals surface area contributed by atoms with Crippen LogP contribution in [-0.2, 0) is 4.79 Å². The molecule has 0 unspecified atom stereocenters. The number of benzene rings is 2. The van der Waals surface area contributed by atoms with E-state index in [2.05, 4.69) is 21.2 Å². The van der Waals surface area contributed by atoms with Crippen LogP contribution in [0.2, 0.25) is 0 Å². The molecule has 0 saturated heterocycles. The van der Waals surface area contributed by atoms with Gasteiger partial charge in [-0.25, -0.2) is 0 Å². The number of ether oxygens (including phenoxy) is 2. The van der Waals surface area contributed by atoms with Crippen molar-refractivity contribution in [3.63, 3.8) is 0 Å². The van der Waals surface area contributed by atoms with Gasteiger partial charge in [0, 0.05) is 21.8 Å². The number of nitrogens with one attached hydrogen (secondary N) is 1. The van der Waals surface area contributed by atoms with Crippen LogP contribution < -0.4 is 14.8 Å². The highest BCUT2D eigenvalue weighted by Crippen LogP contribution is 2.24. The van der Waals surface area contributed by atoms with Crippen molar-refractivity contribution in [1.82, 2.24) is 0 Å². The van der Waals surface area contributed by atoms with E-state index in [9.17, 15) is 4.79 Å². The summed E-state index contributed by atoms with van der Waals surface area (Å²) >= 11 is 3.43. The monoisotopic (exact) mass is 403 g/mol. The van der Waals surface area contributed by atoms with Gasteiger partial charge in [0.25, 0.3) is 0 Å². The molecule has 0 heterocycles. The van der Waals surface area contributed by atoms with E-state index in [1.807, 2.05) is 63.2 Å². The van der Waals surface area contributed by atoms with E-state index in [1.165, 1.54) is 6.08 Å². The zero-order valence-corrected chi connectivity index (χ0v) is 16.2. The maximum atomic E-state index is 12.1. The minimum absolute atomic E-state index is 0.119. The fourth-order valence-electron chi connectivity index (χ4n) is 2.17. The van der Waals surface area contributed by atoms with Crippen LogP contribution in [0.15, 0.2) is 53.0 Å². The lowest BCUT2D eigenvalue weighted by molar-refractivity contribution is -0.111. The first-order valence-electron chi connectivity index (χ1n) is 8.16. The van der Waals surface area contributed by atoms with Crippen molar-refractivity contribution in [2.75, 3.05) is 11.9 Å². The summed E-state index contributed by atoms with van der Waals surface area (Å²) in [6.07, 6.45) is 3.34. The first-order valence-corrected chi connectivity index (χ1v) is 8.95. The number of amides is 1. The topological polar surface area (TPSA) is 47.6 Å². The molecule has 132 valence electrons. The molecule has 0 radical (unpaired) electrons. The molecule has 0 aliphatic carbocycles. The molecule has 2 rings (SSSR count). The standard InChI is InChI=1S/C20H22BrNO3/c1-4-24-19-11-6-16(21)13-15(19)5-12-20(23)22-17-7-9-18(10-8-17)25-14(2)3/h5-14H,4H2,1-3H3,(H,22,23)/b12-5+. The van der Waals surface area contributed by atoms with Gasteiger partial charge in [0.1, 0.15) is 11.5 Å². The largest absolute Gasteiger partial charge is 0.493 e. The molecule has 4 nitrogen and oxygen atoms in total. The van der Waals surface area contributed by atoms with E-state index in [-0.39, 0.29) is 12.0 Å². The lowest BCUT2D eigenvalue weighted by Gasteiger charge is -2.10. The first-order chi connectivity index (χ1) is 12.0. The molecule has 0 atom stereocenters. The van der Waals surface area contributed by atoms with Gasteiger partial charge >= 0.3 is 0 Å². The van der Waals surface area contributed by atoms with Gasteiger partial charge in [-0.15, -0.1) is 0 Å². The van der Waals surface area contributed by atoms with Gasteiger partial charge in [0.05, 0.1) is 12.7 Å². The zero-order valence-electron chi connectivity index (χ0n) is 14.6. The van der Waals surface area contributed by atoms with Gasteiger partial charge < -0.3 is 14.8 Å². The van der Waals surface area contributed by atoms with E-state index in [0.717, 1.165) is 21.5 Å². The van der Waals surface area contributed by atoms with Crippen LogP contribution in [0.5, 0.6) is 11.5 Å². The van der Waals surface area contributed by atoms with E-state index in [1.54, 1.807) is 6.08 Å². The van der Waals surface area contributed by atoms with Gasteiger partial charge in [-0.2, -0.15) is 0 Å². The van der Waals surface area contributed by atoms with Gasteiger partial charge in [-0.3, -0.25) is 4.79 Å². The van der Waals surface area contributed by atoms with Crippen molar-refractivity contribution in [3.8, 4) is 11.5 Å². The molecule has 0 fully saturated rings. The average molecular weight is 404 g/mol. The van der Waals surface area contributed by atoms with Crippen molar-refractivity contribution < 1.29 is 14.3 Å². The van der Waals surface area contributed by atoms with Gasteiger partial charge in [0.2, 0.25) is 5.91 Å². The molecular formula is C20H22BrNO3. The van der Waals surface area contributed by atoms with Gasteiger partial charge in [-0.05, 0) is 69.3 Å². The molecule has 2 aromatic rings. The fraction of sp³-hybridized carbons (Fsp3) is 0.250. The maximum Gasteiger partial charge on any atom is 0.248 e. The number of rotatable bonds is 7. The highest BCUT2D eigenvalue weighted by molar-refractivity contribution is 9.10. The van der Waals surface area contributed by atoms with Crippen molar-refractivity contribution in [3.05, 3.63) is 58.6 Å². The number of hydrogen-bond acceptors (Lipinski definition) is 3. The summed E-state index contributed by atoms with van der Waals surface area (Å²) in [6, 6.07) is 13.0. The summed E-state index contributed by atoms with van der Waals surface area (Å²) in [7, 11) is 0. The second-order valence-electron chi connectivity index (χ2n) is 5.63. The van der Waals surface area contributed by atoms with E-state index in [4.69, 9.17) is 9.47 Å². The van der Waals surface area contributed by atoms with Crippen LogP contribution in [0.4, 0.5) is 5.69 Å². The second-order valence-corrected chi connectivity index (χ2v) is 6.54. The number of carbonyl (C=O) groups excluding carboxylic acids is 1. The molecule has 0 aromatic heterocycles. The first kappa shape index (κ1) is 19.1. The summed E-state index contributed by atoms with van der Waals surface area (Å²) in [5, 5.41) is 2.82. The maximum absolute atomic E-state index is 12.1. The predicted octanol–water partition coefficient (Wildman–Crippen LogP) is 5.29. The minimum atomic E-state index is -0.208. The predicted molar refractivity (Wildman–Crippen MR) is 105 cm³/mol. The average Bonchev–Trinajstić information content (AvgIpc) is 2.56. The molecule has 0 bridgehead atoms. The molecule has 0 saturated carbocycles.